The molecule has 2 N–H and O–H groups in total. The molecule has 134 valence electrons. The van der Waals surface area contributed by atoms with Gasteiger partial charge in [-0.1, -0.05) is 41.9 Å². The molecule has 8 heteroatoms. The second-order valence-corrected chi connectivity index (χ2v) is 6.81. The minimum absolute atomic E-state index is 0.0472. The Labute approximate surface area is 157 Å². The van der Waals surface area contributed by atoms with E-state index in [0.717, 1.165) is 10.1 Å². The van der Waals surface area contributed by atoms with E-state index in [2.05, 4.69) is 10.9 Å². The van der Waals surface area contributed by atoms with Gasteiger partial charge in [-0.25, -0.2) is 4.39 Å². The third-order valence-electron chi connectivity index (χ3n) is 3.55. The number of carbonyl (C=O) groups excluding carboxylic acids is 2. The zero-order chi connectivity index (χ0) is 18.7. The van der Waals surface area contributed by atoms with Crippen molar-refractivity contribution in [3.63, 3.8) is 0 Å². The summed E-state index contributed by atoms with van der Waals surface area (Å²) in [6.45, 7) is 1.44. The third-order valence-corrected chi connectivity index (χ3v) is 5.22. The molecule has 3 rings (SSSR count). The van der Waals surface area contributed by atoms with Gasteiger partial charge in [-0.05, 0) is 25.1 Å². The number of amides is 2. The lowest BCUT2D eigenvalue weighted by molar-refractivity contribution is -0.128. The van der Waals surface area contributed by atoms with Crippen molar-refractivity contribution in [2.75, 3.05) is 0 Å². The molecule has 1 heterocycles. The van der Waals surface area contributed by atoms with Crippen molar-refractivity contribution in [3.05, 3.63) is 64.2 Å². The third kappa shape index (κ3) is 3.79. The molecule has 0 aliphatic heterocycles. The van der Waals surface area contributed by atoms with Gasteiger partial charge in [0.1, 0.15) is 4.88 Å². The van der Waals surface area contributed by atoms with Crippen LogP contribution in [0.25, 0.3) is 10.1 Å². The van der Waals surface area contributed by atoms with Crippen LogP contribution in [0.2, 0.25) is 5.02 Å². The molecule has 0 saturated carbocycles. The van der Waals surface area contributed by atoms with Crippen molar-refractivity contribution in [2.45, 2.75) is 13.0 Å². The molecule has 0 saturated heterocycles. The highest BCUT2D eigenvalue weighted by Crippen LogP contribution is 2.34. The smallest absolute Gasteiger partial charge is 0.281 e. The first-order valence-corrected chi connectivity index (χ1v) is 8.85. The fraction of sp³-hybridized carbons (Fsp3) is 0.111. The van der Waals surface area contributed by atoms with E-state index in [1.54, 1.807) is 6.07 Å². The largest absolute Gasteiger partial charge is 0.478 e. The number of hydrogen-bond donors (Lipinski definition) is 2. The van der Waals surface area contributed by atoms with Crippen molar-refractivity contribution in [1.82, 2.24) is 10.9 Å². The summed E-state index contributed by atoms with van der Waals surface area (Å²) in [5, 5.41) is 1.10. The molecule has 2 aromatic carbocycles. The van der Waals surface area contributed by atoms with Gasteiger partial charge in [0.2, 0.25) is 0 Å². The maximum atomic E-state index is 13.6. The molecular formula is C18H14ClFN2O3S. The van der Waals surface area contributed by atoms with Gasteiger partial charge in [0.15, 0.2) is 17.7 Å². The van der Waals surface area contributed by atoms with Crippen molar-refractivity contribution < 1.29 is 18.7 Å². The van der Waals surface area contributed by atoms with E-state index in [1.807, 2.05) is 24.3 Å². The molecular weight excluding hydrogens is 379 g/mol. The summed E-state index contributed by atoms with van der Waals surface area (Å²) in [5.74, 6) is -1.79. The van der Waals surface area contributed by atoms with Crippen LogP contribution in [0.15, 0.2) is 48.5 Å². The lowest BCUT2D eigenvalue weighted by Gasteiger charge is -2.15. The zero-order valence-electron chi connectivity index (χ0n) is 13.6. The number of hydrogen-bond acceptors (Lipinski definition) is 4. The standard InChI is InChI=1S/C18H14ClFN2O3S/c1-10(25-13-8-4-3-7-12(13)20)17(23)21-22-18(24)16-15(19)11-6-2-5-9-14(11)26-16/h2-10H,1H3,(H,21,23)(H,22,24). The lowest BCUT2D eigenvalue weighted by Crippen LogP contribution is -2.47. The van der Waals surface area contributed by atoms with Crippen molar-refractivity contribution in [1.29, 1.82) is 0 Å². The molecule has 0 radical (unpaired) electrons. The van der Waals surface area contributed by atoms with Gasteiger partial charge >= 0.3 is 0 Å². The van der Waals surface area contributed by atoms with E-state index >= 15 is 0 Å². The summed E-state index contributed by atoms with van der Waals surface area (Å²) in [5.41, 5.74) is 4.55. The first kappa shape index (κ1) is 18.2. The number of nitrogens with one attached hydrogen (secondary N) is 2. The maximum Gasteiger partial charge on any atom is 0.281 e. The molecule has 26 heavy (non-hydrogen) atoms. The second kappa shape index (κ2) is 7.72. The average Bonchev–Trinajstić information content (AvgIpc) is 2.98. The number of benzene rings is 2. The van der Waals surface area contributed by atoms with Gasteiger partial charge in [0.25, 0.3) is 11.8 Å². The summed E-state index contributed by atoms with van der Waals surface area (Å²) in [6.07, 6.45) is -1.01. The molecule has 1 atom stereocenters. The van der Waals surface area contributed by atoms with Gasteiger partial charge in [0.05, 0.1) is 5.02 Å². The Bertz CT molecular complexity index is 976. The van der Waals surface area contributed by atoms with Crippen LogP contribution >= 0.6 is 22.9 Å². The maximum absolute atomic E-state index is 13.6. The molecule has 0 bridgehead atoms. The minimum atomic E-state index is -1.01. The molecule has 0 aliphatic carbocycles. The topological polar surface area (TPSA) is 67.4 Å². The summed E-state index contributed by atoms with van der Waals surface area (Å²) in [4.78, 5) is 24.6. The van der Waals surface area contributed by atoms with Crippen LogP contribution in [0.1, 0.15) is 16.6 Å². The molecule has 2 amide bonds. The Balaban J connectivity index is 1.62. The number of thiophene rings is 1. The molecule has 5 nitrogen and oxygen atoms in total. The second-order valence-electron chi connectivity index (χ2n) is 5.38. The quantitative estimate of drug-likeness (QED) is 0.661. The highest BCUT2D eigenvalue weighted by atomic mass is 35.5. The SMILES string of the molecule is CC(Oc1ccccc1F)C(=O)NNC(=O)c1sc2ccccc2c1Cl. The number of rotatable bonds is 4. The van der Waals surface area contributed by atoms with Crippen LogP contribution in [0.4, 0.5) is 4.39 Å². The number of carbonyl (C=O) groups is 2. The van der Waals surface area contributed by atoms with Crippen LogP contribution in [-0.4, -0.2) is 17.9 Å². The highest BCUT2D eigenvalue weighted by molar-refractivity contribution is 7.21. The van der Waals surface area contributed by atoms with Crippen molar-refractivity contribution in [3.8, 4) is 5.75 Å². The van der Waals surface area contributed by atoms with Crippen LogP contribution in [0.3, 0.4) is 0 Å². The van der Waals surface area contributed by atoms with E-state index < -0.39 is 23.7 Å². The monoisotopic (exact) mass is 392 g/mol. The van der Waals surface area contributed by atoms with Gasteiger partial charge in [0, 0.05) is 10.1 Å². The number of fused-ring (bicyclic) bond motifs is 1. The molecule has 3 aromatic rings. The van der Waals surface area contributed by atoms with E-state index in [1.165, 1.54) is 36.5 Å². The van der Waals surface area contributed by atoms with Gasteiger partial charge in [-0.15, -0.1) is 11.3 Å². The average molecular weight is 393 g/mol. The molecule has 0 fully saturated rings. The van der Waals surface area contributed by atoms with Crippen LogP contribution < -0.4 is 15.6 Å². The molecule has 1 aromatic heterocycles. The van der Waals surface area contributed by atoms with Gasteiger partial charge in [-0.3, -0.25) is 20.4 Å². The Morgan fingerprint density at radius 1 is 1.12 bits per heavy atom. The van der Waals surface area contributed by atoms with Crippen LogP contribution in [0, 0.1) is 5.82 Å². The van der Waals surface area contributed by atoms with E-state index in [-0.39, 0.29) is 10.6 Å². The molecule has 1 unspecified atom stereocenters. The summed E-state index contributed by atoms with van der Waals surface area (Å²) >= 11 is 7.45. The van der Waals surface area contributed by atoms with E-state index in [0.29, 0.717) is 5.02 Å². The highest BCUT2D eigenvalue weighted by Gasteiger charge is 2.20. The predicted octanol–water partition coefficient (Wildman–Crippen LogP) is 3.92. The summed E-state index contributed by atoms with van der Waals surface area (Å²) in [7, 11) is 0. The predicted molar refractivity (Wildman–Crippen MR) is 98.9 cm³/mol. The first-order chi connectivity index (χ1) is 12.5. The Morgan fingerprint density at radius 2 is 1.81 bits per heavy atom. The molecule has 0 aliphatic rings. The number of hydrazine groups is 1. The number of para-hydroxylation sites is 1. The number of ether oxygens (including phenoxy) is 1. The zero-order valence-corrected chi connectivity index (χ0v) is 15.2. The van der Waals surface area contributed by atoms with Crippen LogP contribution in [-0.2, 0) is 4.79 Å². The Hall–Kier alpha value is -2.64. The van der Waals surface area contributed by atoms with Crippen molar-refractivity contribution in [2.24, 2.45) is 0 Å². The normalized spacial score (nSPS) is 11.8. The van der Waals surface area contributed by atoms with Crippen LogP contribution in [0.5, 0.6) is 5.75 Å². The Morgan fingerprint density at radius 3 is 2.54 bits per heavy atom. The lowest BCUT2D eigenvalue weighted by atomic mass is 10.2. The number of halogens is 2. The fourth-order valence-corrected chi connectivity index (χ4v) is 3.63. The van der Waals surface area contributed by atoms with Gasteiger partial charge in [-0.2, -0.15) is 0 Å². The minimum Gasteiger partial charge on any atom is -0.478 e. The summed E-state index contributed by atoms with van der Waals surface area (Å²) in [6, 6.07) is 13.1. The van der Waals surface area contributed by atoms with E-state index in [9.17, 15) is 14.0 Å². The van der Waals surface area contributed by atoms with Crippen molar-refractivity contribution >= 4 is 44.8 Å². The van der Waals surface area contributed by atoms with Gasteiger partial charge < -0.3 is 4.74 Å². The molecule has 0 spiro atoms. The Kier molecular flexibility index (Phi) is 5.39. The van der Waals surface area contributed by atoms with E-state index in [4.69, 9.17) is 16.3 Å². The fourth-order valence-electron chi connectivity index (χ4n) is 2.22. The first-order valence-electron chi connectivity index (χ1n) is 7.66. The summed E-state index contributed by atoms with van der Waals surface area (Å²) < 4.78 is 19.7.